The van der Waals surface area contributed by atoms with Crippen molar-refractivity contribution in [2.75, 3.05) is 0 Å². The van der Waals surface area contributed by atoms with Gasteiger partial charge < -0.3 is 0 Å². The summed E-state index contributed by atoms with van der Waals surface area (Å²) in [5, 5.41) is 0. The normalized spacial score (nSPS) is 8.00. The van der Waals surface area contributed by atoms with Gasteiger partial charge >= 0.3 is 18.0 Å². The molecule has 0 fully saturated rings. The molecule has 2 nitrogen and oxygen atoms in total. The first-order valence-electron chi connectivity index (χ1n) is 1.15. The third-order valence-electron chi connectivity index (χ3n) is 0.263. The first kappa shape index (κ1) is 2.78. The Kier molecular flexibility index (Phi) is 0.624. The first-order valence-corrected chi connectivity index (χ1v) is 1.96. The van der Waals surface area contributed by atoms with E-state index in [1.54, 1.807) is 5.51 Å². The fraction of sp³-hybridized carbons (Fsp3) is 0. The lowest BCUT2D eigenvalue weighted by Gasteiger charge is -1.24. The molecule has 3 heteroatoms. The molecule has 0 aliphatic heterocycles. The smallest absolute Gasteiger partial charge is 0.152 e. The predicted octanol–water partition coefficient (Wildman–Crippen LogP) is 1.02. The molecule has 1 rings (SSSR count). The predicted molar refractivity (Wildman–Crippen MR) is 18.8 cm³/mol. The van der Waals surface area contributed by atoms with Crippen LogP contribution in [0.3, 0.4) is 0 Å². The molecule has 0 unspecified atom stereocenters. The number of nitrogens with zero attached hydrogens (tertiary/aromatic N) is 1. The maximum Gasteiger partial charge on any atom is 0.439 e. The molecule has 26 valence electrons. The van der Waals surface area contributed by atoms with Crippen LogP contribution in [-0.4, -0.2) is 4.98 Å². The topological polar surface area (TPSA) is 24.2 Å². The van der Waals surface area contributed by atoms with Crippen molar-refractivity contribution in [1.29, 1.82) is 0 Å². The second kappa shape index (κ2) is 1.12. The molecule has 0 saturated carbocycles. The summed E-state index contributed by atoms with van der Waals surface area (Å²) >= 11 is 1.23. The highest BCUT2D eigenvalue weighted by Gasteiger charge is 1.79. The van der Waals surface area contributed by atoms with Gasteiger partial charge in [-0.1, -0.05) is 0 Å². The van der Waals surface area contributed by atoms with Crippen LogP contribution in [0.4, 0.5) is 0 Å². The van der Waals surface area contributed by atoms with E-state index in [-0.39, 0.29) is 0 Å². The molecule has 1 aromatic heterocycles. The summed E-state index contributed by atoms with van der Waals surface area (Å²) in [7, 11) is 0. The van der Waals surface area contributed by atoms with Gasteiger partial charge in [-0.3, -0.25) is 0 Å². The summed E-state index contributed by atoms with van der Waals surface area (Å²) < 4.78 is 4.51. The van der Waals surface area contributed by atoms with Crippen LogP contribution in [-0.2, 0) is 0 Å². The summed E-state index contributed by atoms with van der Waals surface area (Å²) in [4.78, 5) is 3.57. The van der Waals surface area contributed by atoms with Crippen LogP contribution >= 0.6 is 11.6 Å². The molecule has 0 spiro atoms. The summed E-state index contributed by atoms with van der Waals surface area (Å²) in [6.07, 6.45) is 1.39. The quantitative estimate of drug-likeness (QED) is 0.442. The molecule has 0 saturated heterocycles. The van der Waals surface area contributed by atoms with Gasteiger partial charge in [-0.15, -0.1) is 3.85 Å². The van der Waals surface area contributed by atoms with Crippen LogP contribution in [0.1, 0.15) is 0 Å². The molecule has 0 aliphatic rings. The van der Waals surface area contributed by atoms with Crippen molar-refractivity contribution >= 4 is 11.6 Å². The SMILES string of the molecule is c1ncs[o+]1. The van der Waals surface area contributed by atoms with Crippen molar-refractivity contribution in [2.45, 2.75) is 0 Å². The lowest BCUT2D eigenvalue weighted by atomic mass is 11.4. The summed E-state index contributed by atoms with van der Waals surface area (Å²) in [6, 6.07) is 0. The van der Waals surface area contributed by atoms with Crippen LogP contribution in [0, 0.1) is 0 Å². The Bertz CT molecular complexity index is 66.1. The van der Waals surface area contributed by atoms with Gasteiger partial charge in [0, 0.05) is 0 Å². The third-order valence-corrected chi connectivity index (χ3v) is 0.668. The van der Waals surface area contributed by atoms with E-state index in [1.165, 1.54) is 18.0 Å². The molecule has 0 aliphatic carbocycles. The van der Waals surface area contributed by atoms with Crippen LogP contribution in [0.25, 0.3) is 0 Å². The van der Waals surface area contributed by atoms with E-state index in [0.29, 0.717) is 0 Å². The van der Waals surface area contributed by atoms with E-state index in [9.17, 15) is 0 Å². The molecule has 1 heterocycles. The first-order chi connectivity index (χ1) is 2.50. The van der Waals surface area contributed by atoms with Crippen molar-refractivity contribution < 1.29 is 3.85 Å². The second-order valence-electron chi connectivity index (χ2n) is 0.552. The van der Waals surface area contributed by atoms with Crippen LogP contribution < -0.4 is 0 Å². The van der Waals surface area contributed by atoms with Gasteiger partial charge in [0.2, 0.25) is 0 Å². The van der Waals surface area contributed by atoms with Crippen molar-refractivity contribution in [1.82, 2.24) is 4.98 Å². The zero-order valence-electron chi connectivity index (χ0n) is 2.42. The molecule has 0 radical (unpaired) electrons. The second-order valence-corrected chi connectivity index (χ2v) is 1.15. The van der Waals surface area contributed by atoms with Crippen LogP contribution in [0.2, 0.25) is 0 Å². The Balaban J connectivity index is 3.13. The van der Waals surface area contributed by atoms with Gasteiger partial charge in [-0.25, -0.2) is 0 Å². The Hall–Kier alpha value is -0.440. The van der Waals surface area contributed by atoms with Crippen LogP contribution in [0.15, 0.2) is 15.8 Å². The molecule has 0 N–H and O–H groups in total. The number of hydrogen-bond donors (Lipinski definition) is 0. The number of hydrogen-bond acceptors (Lipinski definition) is 2. The lowest BCUT2D eigenvalue weighted by molar-refractivity contribution is 0.671. The van der Waals surface area contributed by atoms with Crippen LogP contribution in [0.5, 0.6) is 0 Å². The third kappa shape index (κ3) is 0.417. The minimum atomic E-state index is 1.23. The van der Waals surface area contributed by atoms with Crippen molar-refractivity contribution in [3.05, 3.63) is 11.9 Å². The summed E-state index contributed by atoms with van der Waals surface area (Å²) in [5.41, 5.74) is 1.62. The molecule has 0 aromatic carbocycles. The van der Waals surface area contributed by atoms with Gasteiger partial charge in [-0.05, 0) is 0 Å². The molecule has 5 heavy (non-hydrogen) atoms. The molecular weight excluding hydrogens is 86.1 g/mol. The Morgan fingerprint density at radius 2 is 2.80 bits per heavy atom. The van der Waals surface area contributed by atoms with E-state index < -0.39 is 0 Å². The van der Waals surface area contributed by atoms with Gasteiger partial charge in [0.15, 0.2) is 5.51 Å². The standard InChI is InChI=1S/C2H2NOS/c1-3-2-5-4-1/h1-2H/q+1. The minimum Gasteiger partial charge on any atom is -0.152 e. The van der Waals surface area contributed by atoms with Gasteiger partial charge in [-0.2, -0.15) is 4.98 Å². The summed E-state index contributed by atoms with van der Waals surface area (Å²) in [6.45, 7) is 0. The molecule has 0 amide bonds. The lowest BCUT2D eigenvalue weighted by Crippen LogP contribution is -1.38. The fourth-order valence-corrected chi connectivity index (χ4v) is 0.373. The molecule has 0 bridgehead atoms. The zero-order chi connectivity index (χ0) is 3.54. The van der Waals surface area contributed by atoms with Crippen molar-refractivity contribution in [3.63, 3.8) is 0 Å². The van der Waals surface area contributed by atoms with Gasteiger partial charge in [0.1, 0.15) is 0 Å². The van der Waals surface area contributed by atoms with E-state index in [1.807, 2.05) is 0 Å². The van der Waals surface area contributed by atoms with Crippen molar-refractivity contribution in [3.8, 4) is 0 Å². The molecular formula is C2H2NOS+. The Labute approximate surface area is 33.3 Å². The maximum absolute atomic E-state index is 4.51. The van der Waals surface area contributed by atoms with E-state index in [2.05, 4.69) is 8.83 Å². The number of aromatic nitrogens is 1. The largest absolute Gasteiger partial charge is 0.439 e. The van der Waals surface area contributed by atoms with Gasteiger partial charge in [0.25, 0.3) is 0 Å². The van der Waals surface area contributed by atoms with Crippen molar-refractivity contribution in [2.24, 2.45) is 0 Å². The van der Waals surface area contributed by atoms with Gasteiger partial charge in [0.05, 0.1) is 0 Å². The Morgan fingerprint density at radius 1 is 1.80 bits per heavy atom. The average Bonchev–Trinajstić information content (AvgIpc) is 1.76. The van der Waals surface area contributed by atoms with E-state index in [4.69, 9.17) is 0 Å². The highest BCUT2D eigenvalue weighted by atomic mass is 32.1. The van der Waals surface area contributed by atoms with E-state index >= 15 is 0 Å². The fourth-order valence-electron chi connectivity index (χ4n) is 0.124. The van der Waals surface area contributed by atoms with E-state index in [0.717, 1.165) is 0 Å². The highest BCUT2D eigenvalue weighted by Crippen LogP contribution is 1.85. The minimum absolute atomic E-state index is 1.23. The Morgan fingerprint density at radius 3 is 3.00 bits per heavy atom. The summed E-state index contributed by atoms with van der Waals surface area (Å²) in [5.74, 6) is 0. The maximum atomic E-state index is 4.51. The monoisotopic (exact) mass is 88.0 g/mol. The highest BCUT2D eigenvalue weighted by molar-refractivity contribution is 7.00. The zero-order valence-corrected chi connectivity index (χ0v) is 3.23. The molecule has 1 aromatic rings. The molecule has 0 atom stereocenters. The number of rotatable bonds is 0. The average molecular weight is 88.1 g/mol.